The van der Waals surface area contributed by atoms with Crippen molar-refractivity contribution in [2.75, 3.05) is 34.5 Å². The van der Waals surface area contributed by atoms with E-state index in [0.29, 0.717) is 30.1 Å². The van der Waals surface area contributed by atoms with Crippen LogP contribution in [0, 0.1) is 32.1 Å². The molecule has 0 radical (unpaired) electrons. The molecule has 8 N–H and O–H groups in total. The quantitative estimate of drug-likeness (QED) is 0.0206. The van der Waals surface area contributed by atoms with E-state index in [1.54, 1.807) is 34.6 Å². The maximum atomic E-state index is 13.3. The Morgan fingerprint density at radius 2 is 0.678 bits per heavy atom. The van der Waals surface area contributed by atoms with Gasteiger partial charge in [-0.15, -0.1) is 0 Å². The number of rotatable bonds is 27. The second-order valence-corrected chi connectivity index (χ2v) is 21.5. The van der Waals surface area contributed by atoms with Gasteiger partial charge in [-0.25, -0.2) is 0 Å². The number of anilines is 4. The molecule has 87 heavy (non-hydrogen) atoms. The molecule has 24 heteroatoms. The molecular weight excluding hydrogens is 1120 g/mol. The number of amides is 6. The topological polar surface area (TPSA) is 344 Å². The molecule has 0 heterocycles. The molecule has 0 bridgehead atoms. The van der Waals surface area contributed by atoms with Crippen molar-refractivity contribution in [3.8, 4) is 34.5 Å². The first kappa shape index (κ1) is 67.5. The van der Waals surface area contributed by atoms with Crippen LogP contribution in [0.1, 0.15) is 152 Å². The third kappa shape index (κ3) is 19.9. The lowest BCUT2D eigenvalue weighted by molar-refractivity contribution is -0.386. The highest BCUT2D eigenvalue weighted by atomic mass is 16.6. The van der Waals surface area contributed by atoms with Crippen molar-refractivity contribution in [1.29, 1.82) is 0 Å². The number of nitrogens with one attached hydrogen (secondary N) is 4. The van der Waals surface area contributed by atoms with Gasteiger partial charge in [0.15, 0.2) is 11.5 Å². The Hall–Kier alpha value is -10.3. The van der Waals surface area contributed by atoms with Crippen LogP contribution in [0.5, 0.6) is 34.5 Å². The van der Waals surface area contributed by atoms with Gasteiger partial charge < -0.3 is 61.2 Å². The molecular formula is C63H74N8O16. The summed E-state index contributed by atoms with van der Waals surface area (Å²) in [5, 5.41) is 34.0. The number of nitro benzene ring substituents is 2. The van der Waals surface area contributed by atoms with Gasteiger partial charge in [0.05, 0.1) is 70.2 Å². The third-order valence-corrected chi connectivity index (χ3v) is 12.0. The number of carbonyl (C=O) groups is 6. The largest absolute Gasteiger partial charge is 0.491 e. The normalized spacial score (nSPS) is 11.2. The average Bonchev–Trinajstić information content (AvgIpc) is 2.77. The van der Waals surface area contributed by atoms with Crippen LogP contribution in [-0.2, 0) is 0 Å². The van der Waals surface area contributed by atoms with Crippen molar-refractivity contribution < 1.29 is 67.0 Å². The van der Waals surface area contributed by atoms with Crippen LogP contribution in [-0.4, -0.2) is 82.9 Å². The predicted octanol–water partition coefficient (Wildman–Crippen LogP) is 12.0. The van der Waals surface area contributed by atoms with Gasteiger partial charge in [0.25, 0.3) is 23.6 Å². The first-order valence-electron chi connectivity index (χ1n) is 27.9. The highest BCUT2D eigenvalue weighted by molar-refractivity contribution is 6.10. The molecule has 6 amide bonds. The van der Waals surface area contributed by atoms with E-state index < -0.39 is 45.3 Å². The van der Waals surface area contributed by atoms with Crippen molar-refractivity contribution in [1.82, 2.24) is 0 Å². The van der Waals surface area contributed by atoms with E-state index in [0.717, 1.165) is 0 Å². The Balaban J connectivity index is 0.000000317. The number of ether oxygens (including phenoxy) is 6. The van der Waals surface area contributed by atoms with E-state index >= 15 is 0 Å². The second kappa shape index (κ2) is 31.0. The minimum Gasteiger partial charge on any atom is -0.491 e. The Morgan fingerprint density at radius 3 is 1.00 bits per heavy atom. The zero-order valence-corrected chi connectivity index (χ0v) is 50.6. The maximum absolute atomic E-state index is 13.3. The van der Waals surface area contributed by atoms with Gasteiger partial charge in [-0.3, -0.25) is 49.0 Å². The fraction of sp³-hybridized carbons (Fsp3) is 0.333. The first-order valence-corrected chi connectivity index (χ1v) is 27.9. The highest BCUT2D eigenvalue weighted by Crippen LogP contribution is 2.35. The Morgan fingerprint density at radius 1 is 0.402 bits per heavy atom. The molecule has 1 unspecified atom stereocenters. The van der Waals surface area contributed by atoms with Crippen LogP contribution in [0.4, 0.5) is 34.1 Å². The van der Waals surface area contributed by atoms with E-state index in [1.165, 1.54) is 109 Å². The summed E-state index contributed by atoms with van der Waals surface area (Å²) in [6.45, 7) is 22.7. The third-order valence-electron chi connectivity index (χ3n) is 12.0. The summed E-state index contributed by atoms with van der Waals surface area (Å²) >= 11 is 0. The van der Waals surface area contributed by atoms with Gasteiger partial charge in [0.2, 0.25) is 11.8 Å². The molecule has 24 nitrogen and oxygen atoms in total. The van der Waals surface area contributed by atoms with E-state index in [4.69, 9.17) is 39.9 Å². The average molecular weight is 1200 g/mol. The number of hydrogen-bond acceptors (Lipinski definition) is 16. The van der Waals surface area contributed by atoms with E-state index in [1.807, 2.05) is 48.5 Å². The van der Waals surface area contributed by atoms with Crippen LogP contribution >= 0.6 is 0 Å². The highest BCUT2D eigenvalue weighted by Gasteiger charge is 2.24. The molecule has 0 saturated heterocycles. The Bertz CT molecular complexity index is 3510. The fourth-order valence-electron chi connectivity index (χ4n) is 7.68. The standard InChI is InChI=1S/C32H38N4O8.C31H36N4O8/c1-18(2)16-42-27-14-22(31(38)35-25-10-7-21(30(33)37)13-28(25)44-20(5)6)8-11-24(27)34-32(39)23-9-12-26(36(40)41)29(15-23)43-17-19(3)4;1-7-19(6)43-28-16-22(10-13-25(28)35(39)40)31(38)34-24-12-9-21(15-27(24)42-18(4)5)30(37)33-23-11-8-20(29(32)36)14-26(23)41-17(2)3/h7-15,18-20H,16-17H2,1-6H3,(H2,33,37)(H,34,39)(H,35,38);8-19H,7H2,1-6H3,(H2,32,36)(H,33,37)(H,34,38). The number of nitro groups is 2. The van der Waals surface area contributed by atoms with E-state index in [2.05, 4.69) is 21.3 Å². The number of benzene rings is 6. The summed E-state index contributed by atoms with van der Waals surface area (Å²) < 4.78 is 34.7. The molecule has 1 atom stereocenters. The number of hydrogen-bond donors (Lipinski definition) is 6. The molecule has 0 aliphatic rings. The summed E-state index contributed by atoms with van der Waals surface area (Å²) in [5.41, 5.74) is 12.7. The van der Waals surface area contributed by atoms with E-state index in [-0.39, 0.29) is 128 Å². The van der Waals surface area contributed by atoms with Crippen LogP contribution in [0.2, 0.25) is 0 Å². The van der Waals surface area contributed by atoms with Crippen LogP contribution in [0.25, 0.3) is 0 Å². The summed E-state index contributed by atoms with van der Waals surface area (Å²) in [7, 11) is 0. The molecule has 0 saturated carbocycles. The Kier molecular flexibility index (Phi) is 24.1. The molecule has 0 aliphatic carbocycles. The number of carbonyl (C=O) groups excluding carboxylic acids is 6. The Labute approximate surface area is 503 Å². The molecule has 0 spiro atoms. The van der Waals surface area contributed by atoms with Crippen molar-refractivity contribution in [3.63, 3.8) is 0 Å². The van der Waals surface area contributed by atoms with Gasteiger partial charge >= 0.3 is 11.4 Å². The second-order valence-electron chi connectivity index (χ2n) is 21.5. The minimum absolute atomic E-state index is 0.00988. The minimum atomic E-state index is -0.632. The number of nitrogens with zero attached hydrogens (tertiary/aromatic N) is 2. The van der Waals surface area contributed by atoms with Crippen molar-refractivity contribution in [2.45, 2.75) is 114 Å². The van der Waals surface area contributed by atoms with Gasteiger partial charge in [0.1, 0.15) is 23.0 Å². The molecule has 0 aromatic heterocycles. The molecule has 0 fully saturated rings. The van der Waals surface area contributed by atoms with Gasteiger partial charge in [0, 0.05) is 57.6 Å². The summed E-state index contributed by atoms with van der Waals surface area (Å²) in [4.78, 5) is 98.0. The number of nitrogens with two attached hydrogens (primary N) is 2. The first-order chi connectivity index (χ1) is 41.0. The monoisotopic (exact) mass is 1200 g/mol. The van der Waals surface area contributed by atoms with Gasteiger partial charge in [-0.05, 0) is 152 Å². The molecule has 462 valence electrons. The van der Waals surface area contributed by atoms with Gasteiger partial charge in [-0.2, -0.15) is 0 Å². The van der Waals surface area contributed by atoms with Crippen molar-refractivity contribution in [2.24, 2.45) is 23.3 Å². The van der Waals surface area contributed by atoms with Crippen LogP contribution in [0.15, 0.2) is 109 Å². The zero-order valence-electron chi connectivity index (χ0n) is 50.6. The van der Waals surface area contributed by atoms with E-state index in [9.17, 15) is 49.0 Å². The number of primary amides is 2. The van der Waals surface area contributed by atoms with Crippen molar-refractivity contribution in [3.05, 3.63) is 163 Å². The molecule has 6 rings (SSSR count). The molecule has 6 aromatic rings. The predicted molar refractivity (Wildman–Crippen MR) is 329 cm³/mol. The lowest BCUT2D eigenvalue weighted by Crippen LogP contribution is -2.18. The summed E-state index contributed by atoms with van der Waals surface area (Å²) in [5.74, 6) is -2.06. The SMILES string of the molecule is CC(C)COc1cc(C(=O)Nc2ccc(C(N)=O)cc2OC(C)C)ccc1NC(=O)c1ccc([N+](=O)[O-])c(OCC(C)C)c1.CCC(C)Oc1cc(C(=O)Nc2ccc(C(=O)Nc3ccc(C(N)=O)cc3OC(C)C)cc2OC(C)C)ccc1[N+](=O)[O-]. The lowest BCUT2D eigenvalue weighted by atomic mass is 10.1. The van der Waals surface area contributed by atoms with Crippen molar-refractivity contribution >= 4 is 69.6 Å². The smallest absolute Gasteiger partial charge is 0.310 e. The zero-order chi connectivity index (χ0) is 64.4. The van der Waals surface area contributed by atoms with Crippen LogP contribution in [0.3, 0.4) is 0 Å². The molecule has 6 aromatic carbocycles. The lowest BCUT2D eigenvalue weighted by Gasteiger charge is -2.18. The van der Waals surface area contributed by atoms with Gasteiger partial charge in [-0.1, -0.05) is 34.6 Å². The maximum Gasteiger partial charge on any atom is 0.310 e. The van der Waals surface area contributed by atoms with Crippen LogP contribution < -0.4 is 61.2 Å². The summed E-state index contributed by atoms with van der Waals surface area (Å²) in [6, 6.07) is 25.8. The molecule has 0 aliphatic heterocycles. The summed E-state index contributed by atoms with van der Waals surface area (Å²) in [6.07, 6.45) is -0.441. The fourth-order valence-corrected chi connectivity index (χ4v) is 7.68.